The van der Waals surface area contributed by atoms with Crippen molar-refractivity contribution in [3.63, 3.8) is 0 Å². The van der Waals surface area contributed by atoms with Crippen molar-refractivity contribution in [2.24, 2.45) is 0 Å². The summed E-state index contributed by atoms with van der Waals surface area (Å²) in [4.78, 5) is 13.3. The summed E-state index contributed by atoms with van der Waals surface area (Å²) in [6.07, 6.45) is 0. The average Bonchev–Trinajstić information content (AvgIpc) is 3.49. The molecule has 0 bridgehead atoms. The van der Waals surface area contributed by atoms with Gasteiger partial charge in [-0.1, -0.05) is 47.6 Å². The number of nitrogens with one attached hydrogen (secondary N) is 1. The van der Waals surface area contributed by atoms with E-state index in [1.807, 2.05) is 66.0 Å². The molecule has 152 valence electrons. The van der Waals surface area contributed by atoms with Crippen LogP contribution in [0.5, 0.6) is 11.5 Å². The Bertz CT molecular complexity index is 1110. The van der Waals surface area contributed by atoms with Crippen LogP contribution < -0.4 is 14.8 Å². The second-order valence-corrected chi connectivity index (χ2v) is 7.44. The summed E-state index contributed by atoms with van der Waals surface area (Å²) >= 11 is 1.53. The summed E-state index contributed by atoms with van der Waals surface area (Å²) in [6.45, 7) is 0.779. The third-order valence-corrected chi connectivity index (χ3v) is 5.31. The molecule has 2 aromatic heterocycles. The molecule has 2 heterocycles. The summed E-state index contributed by atoms with van der Waals surface area (Å²) in [5.74, 6) is 1.54. The van der Waals surface area contributed by atoms with Crippen molar-refractivity contribution < 1.29 is 18.8 Å². The van der Waals surface area contributed by atoms with Gasteiger partial charge >= 0.3 is 0 Å². The van der Waals surface area contributed by atoms with Gasteiger partial charge in [0.1, 0.15) is 6.61 Å². The van der Waals surface area contributed by atoms with E-state index in [0.29, 0.717) is 30.4 Å². The summed E-state index contributed by atoms with van der Waals surface area (Å²) in [5, 5.41) is 8.65. The smallest absolute Gasteiger partial charge is 0.273 e. The molecule has 0 aliphatic heterocycles. The molecule has 0 aliphatic rings. The normalized spacial score (nSPS) is 10.6. The molecule has 2 aromatic carbocycles. The third-order valence-electron chi connectivity index (χ3n) is 4.43. The number of hydrogen-bond donors (Lipinski definition) is 1. The van der Waals surface area contributed by atoms with Gasteiger partial charge in [0.2, 0.25) is 0 Å². The van der Waals surface area contributed by atoms with Crippen molar-refractivity contribution in [3.05, 3.63) is 88.9 Å². The molecular formula is C23H20N2O4S. The van der Waals surface area contributed by atoms with Crippen LogP contribution in [-0.4, -0.2) is 18.2 Å². The fraction of sp³-hybridized carbons (Fsp3) is 0.130. The van der Waals surface area contributed by atoms with E-state index in [2.05, 4.69) is 10.5 Å². The van der Waals surface area contributed by atoms with Crippen LogP contribution >= 0.6 is 11.3 Å². The summed E-state index contributed by atoms with van der Waals surface area (Å²) < 4.78 is 16.6. The van der Waals surface area contributed by atoms with Gasteiger partial charge < -0.3 is 19.3 Å². The first-order chi connectivity index (χ1) is 14.7. The maximum atomic E-state index is 12.4. The molecule has 1 amide bonds. The minimum atomic E-state index is -0.301. The molecule has 0 spiro atoms. The van der Waals surface area contributed by atoms with E-state index in [1.165, 1.54) is 11.3 Å². The molecular weight excluding hydrogens is 400 g/mol. The van der Waals surface area contributed by atoms with Crippen LogP contribution in [0.4, 0.5) is 0 Å². The Labute approximate surface area is 178 Å². The van der Waals surface area contributed by atoms with Crippen molar-refractivity contribution >= 4 is 17.2 Å². The van der Waals surface area contributed by atoms with Crippen LogP contribution in [0.15, 0.2) is 76.6 Å². The number of rotatable bonds is 8. The lowest BCUT2D eigenvalue weighted by atomic mass is 10.2. The highest BCUT2D eigenvalue weighted by atomic mass is 32.1. The number of aromatic nitrogens is 1. The van der Waals surface area contributed by atoms with Gasteiger partial charge in [-0.3, -0.25) is 4.79 Å². The maximum Gasteiger partial charge on any atom is 0.273 e. The van der Waals surface area contributed by atoms with E-state index in [-0.39, 0.29) is 11.6 Å². The monoisotopic (exact) mass is 420 g/mol. The Kier molecular flexibility index (Phi) is 6.10. The van der Waals surface area contributed by atoms with Crippen LogP contribution in [-0.2, 0) is 13.2 Å². The lowest BCUT2D eigenvalue weighted by molar-refractivity contribution is 0.0942. The molecule has 4 rings (SSSR count). The Morgan fingerprint density at radius 2 is 1.90 bits per heavy atom. The largest absolute Gasteiger partial charge is 0.493 e. The SMILES string of the molecule is COc1cc(CNC(=O)c2cc(-c3cccs3)on2)ccc1OCc1ccccc1. The highest BCUT2D eigenvalue weighted by molar-refractivity contribution is 7.13. The summed E-state index contributed by atoms with van der Waals surface area (Å²) in [7, 11) is 1.59. The standard InChI is InChI=1S/C23H20N2O4S/c1-27-20-12-17(9-10-19(20)28-15-16-6-3-2-4-7-16)14-24-23(26)18-13-21(29-25-18)22-8-5-11-30-22/h2-13H,14-15H2,1H3,(H,24,26). The van der Waals surface area contributed by atoms with Crippen molar-refractivity contribution in [2.45, 2.75) is 13.2 Å². The Balaban J connectivity index is 1.37. The Hall–Kier alpha value is -3.58. The molecule has 6 nitrogen and oxygen atoms in total. The highest BCUT2D eigenvalue weighted by Crippen LogP contribution is 2.29. The fourth-order valence-corrected chi connectivity index (χ4v) is 3.54. The van der Waals surface area contributed by atoms with Crippen LogP contribution in [0, 0.1) is 0 Å². The van der Waals surface area contributed by atoms with Gasteiger partial charge in [0.15, 0.2) is 23.0 Å². The highest BCUT2D eigenvalue weighted by Gasteiger charge is 2.14. The zero-order valence-corrected chi connectivity index (χ0v) is 17.1. The first-order valence-corrected chi connectivity index (χ1v) is 10.2. The van der Waals surface area contributed by atoms with E-state index in [1.54, 1.807) is 13.2 Å². The number of nitrogens with zero attached hydrogens (tertiary/aromatic N) is 1. The van der Waals surface area contributed by atoms with Crippen LogP contribution in [0.3, 0.4) is 0 Å². The Morgan fingerprint density at radius 1 is 1.03 bits per heavy atom. The minimum Gasteiger partial charge on any atom is -0.493 e. The van der Waals surface area contributed by atoms with E-state index < -0.39 is 0 Å². The molecule has 4 aromatic rings. The molecule has 0 radical (unpaired) electrons. The molecule has 0 atom stereocenters. The lowest BCUT2D eigenvalue weighted by Gasteiger charge is -2.12. The first kappa shape index (κ1) is 19.7. The molecule has 0 saturated heterocycles. The van der Waals surface area contributed by atoms with E-state index in [0.717, 1.165) is 16.0 Å². The molecule has 1 N–H and O–H groups in total. The second kappa shape index (κ2) is 9.28. The number of carbonyl (C=O) groups is 1. The van der Waals surface area contributed by atoms with E-state index in [9.17, 15) is 4.79 Å². The molecule has 0 aliphatic carbocycles. The number of ether oxygens (including phenoxy) is 2. The number of hydrogen-bond acceptors (Lipinski definition) is 6. The van der Waals surface area contributed by atoms with Gasteiger partial charge in [0, 0.05) is 12.6 Å². The van der Waals surface area contributed by atoms with Crippen LogP contribution in [0.25, 0.3) is 10.6 Å². The number of benzene rings is 2. The van der Waals surface area contributed by atoms with Crippen LogP contribution in [0.2, 0.25) is 0 Å². The molecule has 30 heavy (non-hydrogen) atoms. The summed E-state index contributed by atoms with van der Waals surface area (Å²) in [6, 6.07) is 21.0. The average molecular weight is 420 g/mol. The summed E-state index contributed by atoms with van der Waals surface area (Å²) in [5.41, 5.74) is 2.20. The lowest BCUT2D eigenvalue weighted by Crippen LogP contribution is -2.23. The van der Waals surface area contributed by atoms with Crippen LogP contribution in [0.1, 0.15) is 21.6 Å². The topological polar surface area (TPSA) is 73.6 Å². The number of methoxy groups -OCH3 is 1. The van der Waals surface area contributed by atoms with E-state index in [4.69, 9.17) is 14.0 Å². The number of carbonyl (C=O) groups excluding carboxylic acids is 1. The maximum absolute atomic E-state index is 12.4. The molecule has 0 fully saturated rings. The van der Waals surface area contributed by atoms with Crippen molar-refractivity contribution in [3.8, 4) is 22.1 Å². The van der Waals surface area contributed by atoms with Crippen molar-refractivity contribution in [2.75, 3.05) is 7.11 Å². The predicted octanol–water partition coefficient (Wildman–Crippen LogP) is 4.92. The second-order valence-electron chi connectivity index (χ2n) is 6.50. The van der Waals surface area contributed by atoms with Gasteiger partial charge in [-0.05, 0) is 34.7 Å². The Morgan fingerprint density at radius 3 is 2.67 bits per heavy atom. The van der Waals surface area contributed by atoms with Gasteiger partial charge in [-0.15, -0.1) is 11.3 Å². The predicted molar refractivity (Wildman–Crippen MR) is 115 cm³/mol. The number of amides is 1. The van der Waals surface area contributed by atoms with Crippen molar-refractivity contribution in [1.82, 2.24) is 10.5 Å². The number of thiophene rings is 1. The van der Waals surface area contributed by atoms with Gasteiger partial charge in [-0.2, -0.15) is 0 Å². The third kappa shape index (κ3) is 4.69. The zero-order chi connectivity index (χ0) is 20.8. The molecule has 7 heteroatoms. The first-order valence-electron chi connectivity index (χ1n) is 9.35. The van der Waals surface area contributed by atoms with Gasteiger partial charge in [0.05, 0.1) is 12.0 Å². The van der Waals surface area contributed by atoms with E-state index >= 15 is 0 Å². The van der Waals surface area contributed by atoms with Gasteiger partial charge in [-0.25, -0.2) is 0 Å². The quantitative estimate of drug-likeness (QED) is 0.438. The fourth-order valence-electron chi connectivity index (χ4n) is 2.87. The minimum absolute atomic E-state index is 0.244. The molecule has 0 unspecified atom stereocenters. The zero-order valence-electron chi connectivity index (χ0n) is 16.3. The van der Waals surface area contributed by atoms with Crippen molar-refractivity contribution in [1.29, 1.82) is 0 Å². The van der Waals surface area contributed by atoms with Gasteiger partial charge in [0.25, 0.3) is 5.91 Å². The molecule has 0 saturated carbocycles.